The molecule has 56 heavy (non-hydrogen) atoms. The Bertz CT molecular complexity index is 2130. The maximum absolute atomic E-state index is 13.0. The standard InChI is InChI=1S/C38H44N8O9S/c39-23-25-1-8-32-26(21-25)24-40-38(42-32)41-27-2-4-28(5-3-27)44-11-13-45(14-12-44)56(51,52)20-19-54-16-15-53-17-18-55-29-6-7-30-31(22-29)37(50)46(36(30)49)33-9-10-34(47)43-35(33)48/h1,6-8,21-22,24,27-28,33H,2-5,9-20H2,(H,40,41,42)(H,43,47,48). The largest absolute Gasteiger partial charge is 0.491 e. The summed E-state index contributed by atoms with van der Waals surface area (Å²) < 4.78 is 44.4. The summed E-state index contributed by atoms with van der Waals surface area (Å²) >= 11 is 0. The number of piperidine rings is 1. The molecule has 3 aliphatic heterocycles. The lowest BCUT2D eigenvalue weighted by atomic mass is 9.90. The molecule has 2 N–H and O–H groups in total. The molecule has 0 spiro atoms. The average molecular weight is 789 g/mol. The topological polar surface area (TPSA) is 213 Å². The minimum atomic E-state index is -3.46. The molecular weight excluding hydrogens is 745 g/mol. The minimum Gasteiger partial charge on any atom is -0.491 e. The van der Waals surface area contributed by atoms with E-state index in [0.29, 0.717) is 49.5 Å². The van der Waals surface area contributed by atoms with E-state index in [1.54, 1.807) is 28.7 Å². The number of carbonyl (C=O) groups is 4. The summed E-state index contributed by atoms with van der Waals surface area (Å²) in [5.41, 5.74) is 1.67. The molecule has 3 fully saturated rings. The Morgan fingerprint density at radius 1 is 0.857 bits per heavy atom. The van der Waals surface area contributed by atoms with E-state index in [-0.39, 0.29) is 68.8 Å². The summed E-state index contributed by atoms with van der Waals surface area (Å²) in [5.74, 6) is -1.47. The normalized spacial score (nSPS) is 22.2. The highest BCUT2D eigenvalue weighted by Crippen LogP contribution is 2.31. The number of nitrogens with one attached hydrogen (secondary N) is 2. The third kappa shape index (κ3) is 8.98. The van der Waals surface area contributed by atoms with Gasteiger partial charge < -0.3 is 19.5 Å². The molecule has 1 saturated carbocycles. The van der Waals surface area contributed by atoms with Crippen LogP contribution in [0.2, 0.25) is 0 Å². The van der Waals surface area contributed by atoms with E-state index in [2.05, 4.69) is 31.6 Å². The number of rotatable bonds is 15. The number of nitriles is 1. The molecule has 1 unspecified atom stereocenters. The highest BCUT2D eigenvalue weighted by molar-refractivity contribution is 7.89. The molecule has 2 saturated heterocycles. The van der Waals surface area contributed by atoms with Gasteiger partial charge in [0.1, 0.15) is 18.4 Å². The summed E-state index contributed by atoms with van der Waals surface area (Å²) in [6.07, 6.45) is 5.83. The molecule has 4 heterocycles. The van der Waals surface area contributed by atoms with Crippen LogP contribution in [0.25, 0.3) is 10.9 Å². The number of carbonyl (C=O) groups excluding carboxylic acids is 4. The summed E-state index contributed by atoms with van der Waals surface area (Å²) in [6, 6.07) is 11.6. The van der Waals surface area contributed by atoms with Crippen LogP contribution in [0, 0.1) is 11.3 Å². The summed E-state index contributed by atoms with van der Waals surface area (Å²) in [5, 5.41) is 15.6. The van der Waals surface area contributed by atoms with Crippen molar-refractivity contribution in [1.82, 2.24) is 29.4 Å². The first-order valence-corrected chi connectivity index (χ1v) is 20.5. The second-order valence-corrected chi connectivity index (χ2v) is 16.3. The van der Waals surface area contributed by atoms with E-state index in [1.165, 1.54) is 12.1 Å². The van der Waals surface area contributed by atoms with Crippen molar-refractivity contribution in [2.24, 2.45) is 0 Å². The van der Waals surface area contributed by atoms with E-state index in [1.807, 2.05) is 6.07 Å². The number of sulfonamides is 1. The van der Waals surface area contributed by atoms with Gasteiger partial charge in [-0.3, -0.25) is 34.3 Å². The zero-order valence-corrected chi connectivity index (χ0v) is 31.7. The van der Waals surface area contributed by atoms with Crippen LogP contribution in [0.15, 0.2) is 42.6 Å². The molecule has 7 rings (SSSR count). The van der Waals surface area contributed by atoms with E-state index in [9.17, 15) is 27.6 Å². The van der Waals surface area contributed by atoms with E-state index in [4.69, 9.17) is 19.5 Å². The van der Waals surface area contributed by atoms with Crippen LogP contribution < -0.4 is 15.4 Å². The molecule has 17 nitrogen and oxygen atoms in total. The Labute approximate surface area is 324 Å². The van der Waals surface area contributed by atoms with Crippen molar-refractivity contribution in [1.29, 1.82) is 5.26 Å². The van der Waals surface area contributed by atoms with Crippen molar-refractivity contribution in [3.63, 3.8) is 0 Å². The van der Waals surface area contributed by atoms with Gasteiger partial charge in [0.2, 0.25) is 27.8 Å². The van der Waals surface area contributed by atoms with Crippen molar-refractivity contribution >= 4 is 50.5 Å². The smallest absolute Gasteiger partial charge is 0.262 e. The molecular formula is C38H44N8O9S. The molecule has 3 aromatic rings. The van der Waals surface area contributed by atoms with E-state index >= 15 is 0 Å². The van der Waals surface area contributed by atoms with Gasteiger partial charge >= 0.3 is 0 Å². The number of fused-ring (bicyclic) bond motifs is 2. The van der Waals surface area contributed by atoms with Gasteiger partial charge in [-0.15, -0.1) is 0 Å². The predicted octanol–water partition coefficient (Wildman–Crippen LogP) is 1.69. The maximum atomic E-state index is 13.0. The molecule has 4 amide bonds. The van der Waals surface area contributed by atoms with Gasteiger partial charge in [-0.25, -0.2) is 18.4 Å². The number of nitrogens with zero attached hydrogens (tertiary/aromatic N) is 6. The number of piperazine rings is 1. The molecule has 1 aromatic heterocycles. The maximum Gasteiger partial charge on any atom is 0.262 e. The first kappa shape index (κ1) is 39.2. The fourth-order valence-corrected chi connectivity index (χ4v) is 8.97. The first-order chi connectivity index (χ1) is 27.1. The van der Waals surface area contributed by atoms with E-state index < -0.39 is 39.7 Å². The number of benzene rings is 2. The number of imide groups is 2. The fraction of sp³-hybridized carbons (Fsp3) is 0.500. The van der Waals surface area contributed by atoms with Gasteiger partial charge in [0.25, 0.3) is 11.8 Å². The van der Waals surface area contributed by atoms with Crippen LogP contribution in [0.3, 0.4) is 0 Å². The lowest BCUT2D eigenvalue weighted by molar-refractivity contribution is -0.136. The number of anilines is 1. The SMILES string of the molecule is N#Cc1ccc2nc(NC3CCC(N4CCN(S(=O)(=O)CCOCCOCCOc5ccc6c(c5)C(=O)N(C5CCC(=O)NC5=O)C6=O)CC4)CC3)ncc2c1. The minimum absolute atomic E-state index is 0.0437. The van der Waals surface area contributed by atoms with Crippen LogP contribution in [0.4, 0.5) is 5.95 Å². The zero-order valence-electron chi connectivity index (χ0n) is 30.9. The molecule has 2 aromatic carbocycles. The van der Waals surface area contributed by atoms with Gasteiger partial charge in [-0.2, -0.15) is 9.57 Å². The Morgan fingerprint density at radius 2 is 1.59 bits per heavy atom. The Kier molecular flexibility index (Phi) is 12.2. The highest BCUT2D eigenvalue weighted by Gasteiger charge is 2.44. The zero-order chi connectivity index (χ0) is 39.2. The summed E-state index contributed by atoms with van der Waals surface area (Å²) in [6.45, 7) is 3.16. The van der Waals surface area contributed by atoms with Crippen LogP contribution in [0.1, 0.15) is 64.8 Å². The Hall–Kier alpha value is -5.06. The second kappa shape index (κ2) is 17.4. The van der Waals surface area contributed by atoms with Crippen molar-refractivity contribution in [3.8, 4) is 11.8 Å². The van der Waals surface area contributed by atoms with Crippen LogP contribution in [-0.4, -0.2) is 139 Å². The van der Waals surface area contributed by atoms with Crippen molar-refractivity contribution in [2.45, 2.75) is 56.7 Å². The third-order valence-corrected chi connectivity index (χ3v) is 12.5. The number of ether oxygens (including phenoxy) is 3. The third-order valence-electron chi connectivity index (χ3n) is 10.7. The van der Waals surface area contributed by atoms with Gasteiger partial charge in [-0.05, 0) is 68.5 Å². The van der Waals surface area contributed by atoms with Gasteiger partial charge in [0.05, 0.1) is 60.5 Å². The number of hydrogen-bond donors (Lipinski definition) is 2. The Balaban J connectivity index is 0.742. The molecule has 0 bridgehead atoms. The van der Waals surface area contributed by atoms with E-state index in [0.717, 1.165) is 41.5 Å². The molecule has 296 valence electrons. The lowest BCUT2D eigenvalue weighted by Gasteiger charge is -2.41. The van der Waals surface area contributed by atoms with Crippen LogP contribution >= 0.6 is 0 Å². The highest BCUT2D eigenvalue weighted by atomic mass is 32.2. The first-order valence-electron chi connectivity index (χ1n) is 18.9. The Morgan fingerprint density at radius 3 is 2.34 bits per heavy atom. The molecule has 0 radical (unpaired) electrons. The predicted molar refractivity (Wildman–Crippen MR) is 201 cm³/mol. The molecule has 1 atom stereocenters. The number of aromatic nitrogens is 2. The van der Waals surface area contributed by atoms with Gasteiger partial charge in [0, 0.05) is 56.3 Å². The molecule has 1 aliphatic carbocycles. The van der Waals surface area contributed by atoms with Crippen LogP contribution in [0.5, 0.6) is 5.75 Å². The monoisotopic (exact) mass is 788 g/mol. The number of hydrogen-bond acceptors (Lipinski definition) is 14. The summed E-state index contributed by atoms with van der Waals surface area (Å²) in [4.78, 5) is 62.0. The summed E-state index contributed by atoms with van der Waals surface area (Å²) in [7, 11) is -3.46. The van der Waals surface area contributed by atoms with Crippen molar-refractivity contribution in [2.75, 3.05) is 70.3 Å². The quantitative estimate of drug-likeness (QED) is 0.166. The fourth-order valence-electron chi connectivity index (χ4n) is 7.66. The van der Waals surface area contributed by atoms with Crippen molar-refractivity contribution < 1.29 is 41.8 Å². The van der Waals surface area contributed by atoms with Gasteiger partial charge in [-0.1, -0.05) is 0 Å². The van der Waals surface area contributed by atoms with Crippen molar-refractivity contribution in [3.05, 3.63) is 59.3 Å². The molecule has 4 aliphatic rings. The van der Waals surface area contributed by atoms with Crippen LogP contribution in [-0.2, 0) is 29.1 Å². The van der Waals surface area contributed by atoms with Gasteiger partial charge in [0.15, 0.2) is 0 Å². The average Bonchev–Trinajstić information content (AvgIpc) is 3.45. The molecule has 18 heteroatoms. The number of amides is 4. The second-order valence-electron chi connectivity index (χ2n) is 14.2. The lowest BCUT2D eigenvalue weighted by Crippen LogP contribution is -2.54.